The van der Waals surface area contributed by atoms with Crippen molar-refractivity contribution in [2.45, 2.75) is 65.2 Å². The highest BCUT2D eigenvalue weighted by Gasteiger charge is 1.97. The molecule has 0 aliphatic rings. The number of aliphatic carboxylic acids is 2. The van der Waals surface area contributed by atoms with E-state index in [4.69, 9.17) is 15.0 Å². The first-order chi connectivity index (χ1) is 12.2. The maximum Gasteiger partial charge on any atom is 0.307 e. The van der Waals surface area contributed by atoms with Gasteiger partial charge >= 0.3 is 17.9 Å². The van der Waals surface area contributed by atoms with Crippen LogP contribution in [-0.4, -0.2) is 48.3 Å². The summed E-state index contributed by atoms with van der Waals surface area (Å²) in [7, 11) is 2.78. The van der Waals surface area contributed by atoms with Gasteiger partial charge in [-0.2, -0.15) is 0 Å². The quantitative estimate of drug-likeness (QED) is 0.338. The lowest BCUT2D eigenvalue weighted by Crippen LogP contribution is -1.98. The second-order valence-corrected chi connectivity index (χ2v) is 5.09. The third-order valence-corrected chi connectivity index (χ3v) is 2.65. The lowest BCUT2D eigenvalue weighted by molar-refractivity contribution is -0.141. The van der Waals surface area contributed by atoms with Gasteiger partial charge in [-0.3, -0.25) is 19.2 Å². The van der Waals surface area contributed by atoms with E-state index in [1.165, 1.54) is 14.2 Å². The molecule has 0 bridgehead atoms. The number of methoxy groups -OCH3 is 2. The smallest absolute Gasteiger partial charge is 0.307 e. The van der Waals surface area contributed by atoms with Gasteiger partial charge in [-0.05, 0) is 25.7 Å². The van der Waals surface area contributed by atoms with E-state index in [0.717, 1.165) is 39.0 Å². The molecule has 0 aliphatic heterocycles. The van der Waals surface area contributed by atoms with Crippen molar-refractivity contribution in [3.8, 4) is 0 Å². The van der Waals surface area contributed by atoms with Gasteiger partial charge in [0, 0.05) is 19.8 Å². The van der Waals surface area contributed by atoms with Gasteiger partial charge in [-0.15, -0.1) is 0 Å². The van der Waals surface area contributed by atoms with Gasteiger partial charge in [0.25, 0.3) is 5.97 Å². The maximum atomic E-state index is 10.7. The van der Waals surface area contributed by atoms with Crippen LogP contribution in [0.2, 0.25) is 0 Å². The molecule has 0 saturated carbocycles. The molecule has 152 valence electrons. The lowest BCUT2D eigenvalue weighted by Gasteiger charge is -1.96. The van der Waals surface area contributed by atoms with Crippen molar-refractivity contribution in [1.29, 1.82) is 0 Å². The van der Waals surface area contributed by atoms with Crippen LogP contribution in [0.15, 0.2) is 12.2 Å². The minimum Gasteiger partial charge on any atom is -0.481 e. The molecule has 8 nitrogen and oxygen atoms in total. The van der Waals surface area contributed by atoms with E-state index in [2.05, 4.69) is 9.47 Å². The molecule has 0 aromatic heterocycles. The van der Waals surface area contributed by atoms with E-state index in [0.29, 0.717) is 12.8 Å². The van der Waals surface area contributed by atoms with Gasteiger partial charge in [0.15, 0.2) is 0 Å². The number of carboxylic acid groups (broad SMARTS) is 2. The number of carbonyl (C=O) groups excluding carboxylic acids is 2. The monoisotopic (exact) mass is 376 g/mol. The number of carboxylic acids is 2. The Morgan fingerprint density at radius 1 is 0.846 bits per heavy atom. The summed E-state index contributed by atoms with van der Waals surface area (Å²) in [6.45, 7) is 3.13. The second kappa shape index (κ2) is 22.6. The average Bonchev–Trinajstić information content (AvgIpc) is 2.58. The van der Waals surface area contributed by atoms with Gasteiger partial charge in [-0.25, -0.2) is 0 Å². The molecule has 2 N–H and O–H groups in total. The molecule has 0 aromatic carbocycles. The molecule has 0 amide bonds. The number of allylic oxidation sites excluding steroid dienone is 1. The van der Waals surface area contributed by atoms with Gasteiger partial charge in [0.2, 0.25) is 0 Å². The minimum atomic E-state index is -0.833. The molecule has 0 heterocycles. The molecule has 0 rings (SSSR count). The van der Waals surface area contributed by atoms with Crippen LogP contribution >= 0.6 is 0 Å². The van der Waals surface area contributed by atoms with Crippen LogP contribution < -0.4 is 0 Å². The molecule has 0 saturated heterocycles. The molecule has 0 unspecified atom stereocenters. The number of carbonyl (C=O) groups is 4. The molecule has 0 atom stereocenters. The Kier molecular flexibility index (Phi) is 24.7. The molecular formula is C18H32O8. The molecule has 8 heteroatoms. The van der Waals surface area contributed by atoms with Crippen LogP contribution in [0.1, 0.15) is 65.2 Å². The summed E-state index contributed by atoms with van der Waals surface area (Å²) in [4.78, 5) is 40.1. The standard InChI is InChI=1S/C10H16O4.C6H12O2.C2H4O2/c1-14-10(13)8-6-4-2-3-5-7-9(11)12;1-3-4-5-6(7)8-2;1-2(3)4/h3,5H,2,4,6-8H2,1H3,(H,11,12);3-5H2,1-2H3;1H3,(H,3,4). The fourth-order valence-electron chi connectivity index (χ4n) is 1.36. The first-order valence-corrected chi connectivity index (χ1v) is 8.41. The van der Waals surface area contributed by atoms with Crippen molar-refractivity contribution in [3.05, 3.63) is 12.2 Å². The Morgan fingerprint density at radius 3 is 1.69 bits per heavy atom. The number of esters is 2. The van der Waals surface area contributed by atoms with Crippen LogP contribution in [0.5, 0.6) is 0 Å². The summed E-state index contributed by atoms with van der Waals surface area (Å²) in [5.41, 5.74) is 0. The second-order valence-electron chi connectivity index (χ2n) is 5.09. The highest BCUT2D eigenvalue weighted by Crippen LogP contribution is 2.02. The average molecular weight is 376 g/mol. The normalized spacial score (nSPS) is 9.23. The summed E-state index contributed by atoms with van der Waals surface area (Å²) in [5.74, 6) is -1.96. The molecule has 0 fully saturated rings. The first kappa shape index (κ1) is 28.4. The first-order valence-electron chi connectivity index (χ1n) is 8.41. The van der Waals surface area contributed by atoms with Crippen LogP contribution in [0.25, 0.3) is 0 Å². The molecule has 0 aromatic rings. The van der Waals surface area contributed by atoms with Crippen LogP contribution in [-0.2, 0) is 28.7 Å². The fraction of sp³-hybridized carbons (Fsp3) is 0.667. The van der Waals surface area contributed by atoms with Crippen LogP contribution in [0, 0.1) is 0 Å². The van der Waals surface area contributed by atoms with Gasteiger partial charge in [-0.1, -0.05) is 25.5 Å². The van der Waals surface area contributed by atoms with E-state index >= 15 is 0 Å². The lowest BCUT2D eigenvalue weighted by atomic mass is 10.2. The Bertz CT molecular complexity index is 411. The predicted octanol–water partition coefficient (Wildman–Crippen LogP) is 3.19. The van der Waals surface area contributed by atoms with E-state index in [-0.39, 0.29) is 18.4 Å². The van der Waals surface area contributed by atoms with E-state index < -0.39 is 11.9 Å². The highest BCUT2D eigenvalue weighted by molar-refractivity contribution is 5.69. The van der Waals surface area contributed by atoms with Crippen molar-refractivity contribution < 1.29 is 38.9 Å². The van der Waals surface area contributed by atoms with E-state index in [1.54, 1.807) is 6.08 Å². The Labute approximate surface area is 155 Å². The minimum absolute atomic E-state index is 0.0665. The third-order valence-electron chi connectivity index (χ3n) is 2.65. The number of hydrogen-bond donors (Lipinski definition) is 2. The van der Waals surface area contributed by atoms with Crippen molar-refractivity contribution in [3.63, 3.8) is 0 Å². The fourth-order valence-corrected chi connectivity index (χ4v) is 1.36. The zero-order chi connectivity index (χ0) is 20.8. The summed E-state index contributed by atoms with van der Waals surface area (Å²) in [5, 5.41) is 15.7. The van der Waals surface area contributed by atoms with Crippen molar-refractivity contribution in [2.24, 2.45) is 0 Å². The largest absolute Gasteiger partial charge is 0.481 e. The molecule has 0 aliphatic carbocycles. The predicted molar refractivity (Wildman–Crippen MR) is 96.7 cm³/mol. The van der Waals surface area contributed by atoms with Crippen LogP contribution in [0.4, 0.5) is 0 Å². The summed E-state index contributed by atoms with van der Waals surface area (Å²) >= 11 is 0. The number of ether oxygens (including phenoxy) is 2. The topological polar surface area (TPSA) is 127 Å². The Balaban J connectivity index is -0.000000370. The van der Waals surface area contributed by atoms with Crippen molar-refractivity contribution >= 4 is 23.9 Å². The van der Waals surface area contributed by atoms with Gasteiger partial charge < -0.3 is 19.7 Å². The summed E-state index contributed by atoms with van der Waals surface area (Å²) < 4.78 is 8.89. The van der Waals surface area contributed by atoms with Crippen molar-refractivity contribution in [1.82, 2.24) is 0 Å². The highest BCUT2D eigenvalue weighted by atomic mass is 16.5. The molecular weight excluding hydrogens is 344 g/mol. The van der Waals surface area contributed by atoms with E-state index in [9.17, 15) is 14.4 Å². The molecule has 0 radical (unpaired) electrons. The molecule has 0 spiro atoms. The summed E-state index contributed by atoms with van der Waals surface area (Å²) in [6, 6.07) is 0. The zero-order valence-electron chi connectivity index (χ0n) is 16.2. The number of hydrogen-bond acceptors (Lipinski definition) is 6. The Hall–Kier alpha value is -2.38. The number of unbranched alkanes of at least 4 members (excludes halogenated alkanes) is 3. The Morgan fingerprint density at radius 2 is 1.31 bits per heavy atom. The maximum absolute atomic E-state index is 10.7. The van der Waals surface area contributed by atoms with Crippen LogP contribution in [0.3, 0.4) is 0 Å². The van der Waals surface area contributed by atoms with Gasteiger partial charge in [0.1, 0.15) is 0 Å². The number of rotatable bonds is 10. The molecule has 26 heavy (non-hydrogen) atoms. The zero-order valence-corrected chi connectivity index (χ0v) is 16.2. The van der Waals surface area contributed by atoms with Gasteiger partial charge in [0.05, 0.1) is 20.6 Å². The van der Waals surface area contributed by atoms with E-state index in [1.807, 2.05) is 13.0 Å². The summed E-state index contributed by atoms with van der Waals surface area (Å²) in [6.07, 6.45) is 8.97. The SMILES string of the molecule is CC(=O)O.CCCCC(=O)OC.COC(=O)CCCCC=CCC(=O)O. The van der Waals surface area contributed by atoms with Crippen molar-refractivity contribution in [2.75, 3.05) is 14.2 Å². The third kappa shape index (κ3) is 37.7.